The second kappa shape index (κ2) is 8.22. The number of hydrogen-bond donors (Lipinski definition) is 1. The van der Waals surface area contributed by atoms with Crippen LogP contribution in [0.2, 0.25) is 0 Å². The van der Waals surface area contributed by atoms with Crippen molar-refractivity contribution in [3.63, 3.8) is 0 Å². The first-order chi connectivity index (χ1) is 6.15. The van der Waals surface area contributed by atoms with E-state index < -0.39 is 11.9 Å². The predicted molar refractivity (Wildman–Crippen MR) is 53.3 cm³/mol. The minimum absolute atomic E-state index is 0. The molecule has 1 aromatic rings. The third-order valence-corrected chi connectivity index (χ3v) is 1.55. The van der Waals surface area contributed by atoms with Crippen LogP contribution in [0.1, 0.15) is 20.7 Å². The Morgan fingerprint density at radius 1 is 1.13 bits per heavy atom. The predicted octanol–water partition coefficient (Wildman–Crippen LogP) is 0.253. The summed E-state index contributed by atoms with van der Waals surface area (Å²) in [6.45, 7) is 0. The van der Waals surface area contributed by atoms with Gasteiger partial charge in [-0.25, -0.2) is 9.59 Å². The van der Waals surface area contributed by atoms with Gasteiger partial charge in [0.1, 0.15) is 0 Å². The molecule has 1 rings (SSSR count). The number of rotatable bonds is 2. The number of carboxylic acids is 1. The average molecular weight is 288 g/mol. The summed E-state index contributed by atoms with van der Waals surface area (Å²) >= 11 is 0. The number of esters is 1. The first-order valence-electron chi connectivity index (χ1n) is 3.57. The minimum atomic E-state index is -1.02. The third-order valence-electron chi connectivity index (χ3n) is 1.55. The smallest absolute Gasteiger partial charge is 0 e. The standard InChI is InChI=1S/C9H8O4.Ca.Zn.2H/c1-13-9(12)7-4-2-6(3-5-7)8(10)11;;;;/h2-5H,1H3,(H,10,11);;;;. The van der Waals surface area contributed by atoms with Crippen molar-refractivity contribution in [2.24, 2.45) is 0 Å². The summed E-state index contributed by atoms with van der Waals surface area (Å²) in [5.74, 6) is -1.49. The van der Waals surface area contributed by atoms with E-state index in [9.17, 15) is 9.59 Å². The molecule has 0 atom stereocenters. The third kappa shape index (κ3) is 5.07. The van der Waals surface area contributed by atoms with E-state index in [4.69, 9.17) is 5.11 Å². The number of carbonyl (C=O) groups is 2. The maximum absolute atomic E-state index is 10.9. The average Bonchev–Trinajstić information content (AvgIpc) is 2.17. The van der Waals surface area contributed by atoms with Crippen LogP contribution in [0.4, 0.5) is 0 Å². The molecule has 0 fully saturated rings. The molecule has 0 amide bonds. The molecule has 15 heavy (non-hydrogen) atoms. The number of carboxylic acid groups (broad SMARTS) is 1. The summed E-state index contributed by atoms with van der Waals surface area (Å²) in [6.07, 6.45) is 0. The number of carbonyl (C=O) groups excluding carboxylic acids is 1. The quantitative estimate of drug-likeness (QED) is 0.626. The molecular formula is C9H10CaO4Zn. The fourth-order valence-electron chi connectivity index (χ4n) is 0.867. The van der Waals surface area contributed by atoms with Gasteiger partial charge in [-0.3, -0.25) is 0 Å². The summed E-state index contributed by atoms with van der Waals surface area (Å²) in [6, 6.07) is 5.54. The van der Waals surface area contributed by atoms with Gasteiger partial charge < -0.3 is 9.84 Å². The molecule has 0 radical (unpaired) electrons. The Bertz CT molecular complexity index is 336. The first-order valence-corrected chi connectivity index (χ1v) is 3.57. The van der Waals surface area contributed by atoms with E-state index in [0.29, 0.717) is 5.56 Å². The van der Waals surface area contributed by atoms with Gasteiger partial charge in [0.25, 0.3) is 0 Å². The Balaban J connectivity index is 0. The number of aromatic carboxylic acids is 1. The van der Waals surface area contributed by atoms with Gasteiger partial charge in [-0.15, -0.1) is 0 Å². The SMILES string of the molecule is COC(=O)c1ccc(C(=O)O)cc1.[CaH2].[Zn]. The topological polar surface area (TPSA) is 63.6 Å². The number of ether oxygens (including phenoxy) is 1. The van der Waals surface area contributed by atoms with Crippen molar-refractivity contribution in [1.29, 1.82) is 0 Å². The molecular weight excluding hydrogens is 278 g/mol. The Labute approximate surface area is 130 Å². The zero-order chi connectivity index (χ0) is 9.84. The minimum Gasteiger partial charge on any atom is 0 e. The molecule has 0 aliphatic heterocycles. The monoisotopic (exact) mass is 286 g/mol. The van der Waals surface area contributed by atoms with E-state index in [1.54, 1.807) is 0 Å². The molecule has 1 N–H and O–H groups in total. The van der Waals surface area contributed by atoms with E-state index in [1.165, 1.54) is 31.4 Å². The van der Waals surface area contributed by atoms with Gasteiger partial charge in [-0.05, 0) is 24.3 Å². The summed E-state index contributed by atoms with van der Waals surface area (Å²) < 4.78 is 4.45. The van der Waals surface area contributed by atoms with Gasteiger partial charge in [-0.2, -0.15) is 0 Å². The molecule has 0 aromatic heterocycles. The van der Waals surface area contributed by atoms with Gasteiger partial charge >= 0.3 is 49.7 Å². The van der Waals surface area contributed by atoms with Crippen LogP contribution in [0.5, 0.6) is 0 Å². The van der Waals surface area contributed by atoms with Crippen LogP contribution in [0.15, 0.2) is 24.3 Å². The van der Waals surface area contributed by atoms with Crippen molar-refractivity contribution in [2.75, 3.05) is 7.11 Å². The Morgan fingerprint density at radius 2 is 1.53 bits per heavy atom. The van der Waals surface area contributed by atoms with Crippen LogP contribution < -0.4 is 0 Å². The fourth-order valence-corrected chi connectivity index (χ4v) is 0.867. The first kappa shape index (κ1) is 17.4. The van der Waals surface area contributed by atoms with Crippen LogP contribution in [0.25, 0.3) is 0 Å². The maximum atomic E-state index is 10.9. The van der Waals surface area contributed by atoms with Crippen molar-refractivity contribution < 1.29 is 38.9 Å². The molecule has 0 heterocycles. The summed E-state index contributed by atoms with van der Waals surface area (Å²) in [7, 11) is 1.27. The summed E-state index contributed by atoms with van der Waals surface area (Å²) in [5, 5.41) is 8.56. The Kier molecular flexibility index (Phi) is 9.56. The van der Waals surface area contributed by atoms with Gasteiger partial charge in [0, 0.05) is 19.5 Å². The van der Waals surface area contributed by atoms with Gasteiger partial charge in [0.05, 0.1) is 18.2 Å². The molecule has 0 aliphatic carbocycles. The molecule has 0 unspecified atom stereocenters. The number of hydrogen-bond acceptors (Lipinski definition) is 3. The molecule has 0 saturated carbocycles. The second-order valence-electron chi connectivity index (χ2n) is 2.37. The van der Waals surface area contributed by atoms with Crippen LogP contribution >= 0.6 is 0 Å². The van der Waals surface area contributed by atoms with Crippen molar-refractivity contribution in [3.05, 3.63) is 35.4 Å². The van der Waals surface area contributed by atoms with Crippen molar-refractivity contribution in [1.82, 2.24) is 0 Å². The molecule has 0 saturated heterocycles. The summed E-state index contributed by atoms with van der Waals surface area (Å²) in [4.78, 5) is 21.4. The van der Waals surface area contributed by atoms with E-state index in [0.717, 1.165) is 0 Å². The Hall–Kier alpha value is 0.0431. The van der Waals surface area contributed by atoms with E-state index in [-0.39, 0.29) is 62.8 Å². The number of benzene rings is 1. The van der Waals surface area contributed by atoms with E-state index in [1.807, 2.05) is 0 Å². The molecule has 0 spiro atoms. The fraction of sp³-hybridized carbons (Fsp3) is 0.111. The van der Waals surface area contributed by atoms with E-state index >= 15 is 0 Å². The Morgan fingerprint density at radius 3 is 1.87 bits per heavy atom. The molecule has 74 valence electrons. The van der Waals surface area contributed by atoms with Gasteiger partial charge in [0.15, 0.2) is 0 Å². The maximum Gasteiger partial charge on any atom is 0 e. The molecule has 0 bridgehead atoms. The van der Waals surface area contributed by atoms with Crippen LogP contribution in [0.3, 0.4) is 0 Å². The van der Waals surface area contributed by atoms with Crippen molar-refractivity contribution in [3.8, 4) is 0 Å². The molecule has 0 aliphatic rings. The van der Waals surface area contributed by atoms with Gasteiger partial charge in [0.2, 0.25) is 0 Å². The van der Waals surface area contributed by atoms with Gasteiger partial charge in [-0.1, -0.05) is 0 Å². The van der Waals surface area contributed by atoms with Crippen molar-refractivity contribution >= 4 is 49.7 Å². The zero-order valence-electron chi connectivity index (χ0n) is 7.69. The second-order valence-corrected chi connectivity index (χ2v) is 2.37. The molecule has 6 heteroatoms. The largest absolute Gasteiger partial charge is 0 e. The zero-order valence-corrected chi connectivity index (χ0v) is 10.7. The molecule has 1 aromatic carbocycles. The van der Waals surface area contributed by atoms with Crippen LogP contribution in [-0.4, -0.2) is 61.9 Å². The van der Waals surface area contributed by atoms with Crippen molar-refractivity contribution in [2.45, 2.75) is 0 Å². The normalized spacial score (nSPS) is 8.07. The van der Waals surface area contributed by atoms with E-state index in [2.05, 4.69) is 4.74 Å². The number of methoxy groups -OCH3 is 1. The van der Waals surface area contributed by atoms with Crippen LogP contribution in [0, 0.1) is 0 Å². The van der Waals surface area contributed by atoms with Crippen LogP contribution in [-0.2, 0) is 24.2 Å². The summed E-state index contributed by atoms with van der Waals surface area (Å²) in [5.41, 5.74) is 0.486. The molecule has 4 nitrogen and oxygen atoms in total.